The number of amides is 1. The van der Waals surface area contributed by atoms with Gasteiger partial charge in [-0.1, -0.05) is 11.6 Å². The van der Waals surface area contributed by atoms with E-state index in [1.807, 2.05) is 0 Å². The molecular weight excluding hydrogens is 480 g/mol. The molecule has 4 rings (SSSR count). The summed E-state index contributed by atoms with van der Waals surface area (Å²) in [6.07, 6.45) is -0.371. The van der Waals surface area contributed by atoms with E-state index in [-0.39, 0.29) is 33.3 Å². The topological polar surface area (TPSA) is 221 Å². The monoisotopic (exact) mass is 498 g/mol. The number of nitrogens with two attached hydrogens (primary N) is 2. The Balaban J connectivity index is 1.44. The summed E-state index contributed by atoms with van der Waals surface area (Å²) >= 11 is 5.77. The van der Waals surface area contributed by atoms with Crippen LogP contribution >= 0.6 is 11.6 Å². The molecule has 1 amide bonds. The first-order valence-corrected chi connectivity index (χ1v) is 11.2. The second-order valence-corrected chi connectivity index (χ2v) is 9.17. The number of ether oxygens (including phenoxy) is 1. The number of carbonyl (C=O) groups is 1. The second kappa shape index (κ2) is 8.36. The maximum atomic E-state index is 12.3. The summed E-state index contributed by atoms with van der Waals surface area (Å²) in [5, 5.41) is 22.0. The lowest BCUT2D eigenvalue weighted by molar-refractivity contribution is -0.107. The number of nitrogens with zero attached hydrogens (tertiary/aromatic N) is 4. The number of nitrogens with one attached hydrogen (secondary N) is 2. The first-order chi connectivity index (χ1) is 15.5. The highest BCUT2D eigenvalue weighted by Gasteiger charge is 2.50. The Bertz CT molecular complexity index is 1330. The first kappa shape index (κ1) is 23.1. The van der Waals surface area contributed by atoms with Crippen molar-refractivity contribution in [3.63, 3.8) is 0 Å². The third kappa shape index (κ3) is 4.29. The number of carbonyl (C=O) groups excluding carboxylic acids is 1. The quantitative estimate of drug-likeness (QED) is 0.210. The molecule has 0 spiro atoms. The molecule has 8 N–H and O–H groups in total. The van der Waals surface area contributed by atoms with Gasteiger partial charge in [-0.2, -0.15) is 13.1 Å². The Morgan fingerprint density at radius 3 is 2.82 bits per heavy atom. The number of nitrogen functional groups attached to an aromatic ring is 2. The van der Waals surface area contributed by atoms with Crippen LogP contribution in [0.1, 0.15) is 10.4 Å². The fourth-order valence-corrected chi connectivity index (χ4v) is 4.36. The van der Waals surface area contributed by atoms with Gasteiger partial charge in [0.25, 0.3) is 5.91 Å². The zero-order chi connectivity index (χ0) is 24.0. The Morgan fingerprint density at radius 2 is 2.09 bits per heavy atom. The summed E-state index contributed by atoms with van der Waals surface area (Å²) in [4.78, 5) is 24.1. The van der Waals surface area contributed by atoms with Gasteiger partial charge in [0.05, 0.1) is 18.5 Å². The van der Waals surface area contributed by atoms with Crippen LogP contribution in [0.2, 0.25) is 5.02 Å². The van der Waals surface area contributed by atoms with E-state index in [1.165, 1.54) is 35.4 Å². The third-order valence-electron chi connectivity index (χ3n) is 5.07. The Hall–Kier alpha value is -3.08. The fraction of sp³-hybridized carbons (Fsp3) is 0.294. The maximum absolute atomic E-state index is 12.3. The van der Waals surface area contributed by atoms with Crippen molar-refractivity contribution in [3.8, 4) is 0 Å². The number of aliphatic hydroxyl groups excluding tert-OH is 1. The van der Waals surface area contributed by atoms with Gasteiger partial charge in [0.1, 0.15) is 24.1 Å². The molecule has 14 nitrogen and oxygen atoms in total. The van der Waals surface area contributed by atoms with Crippen molar-refractivity contribution in [2.24, 2.45) is 0 Å². The van der Waals surface area contributed by atoms with Crippen LogP contribution in [0.4, 0.5) is 11.5 Å². The summed E-state index contributed by atoms with van der Waals surface area (Å²) in [7, 11) is -4.37. The molecular formula is C17H19ClN8O6S. The van der Waals surface area contributed by atoms with Crippen LogP contribution in [0.3, 0.4) is 0 Å². The summed E-state index contributed by atoms with van der Waals surface area (Å²) in [6.45, 7) is -0.866. The highest BCUT2D eigenvalue weighted by atomic mass is 35.5. The van der Waals surface area contributed by atoms with E-state index in [1.54, 1.807) is 4.72 Å². The standard InChI is InChI=1S/C17H19ClN8O6S/c18-8-1-2-9(10(19)3-8)16(28)25-33(30,31)24-4-11-13(27)17(29,5-32-11)26-7-23-12-14(20)21-6-22-15(12)26/h1-3,6-7,11,13,24,27,29H,4-5,19H2,(H,25,28)(H2,20,21,22)/t11-,13-,17+/m1/s1. The molecule has 16 heteroatoms. The van der Waals surface area contributed by atoms with Crippen molar-refractivity contribution >= 4 is 50.4 Å². The van der Waals surface area contributed by atoms with Crippen LogP contribution in [0, 0.1) is 0 Å². The van der Waals surface area contributed by atoms with Crippen molar-refractivity contribution < 1.29 is 28.2 Å². The van der Waals surface area contributed by atoms with E-state index in [0.29, 0.717) is 0 Å². The van der Waals surface area contributed by atoms with Crippen molar-refractivity contribution in [1.29, 1.82) is 0 Å². The van der Waals surface area contributed by atoms with Crippen LogP contribution in [0.15, 0.2) is 30.9 Å². The van der Waals surface area contributed by atoms with Gasteiger partial charge in [0.15, 0.2) is 17.2 Å². The lowest BCUT2D eigenvalue weighted by Gasteiger charge is -2.27. The molecule has 0 unspecified atom stereocenters. The molecule has 3 heterocycles. The molecule has 1 aliphatic rings. The summed E-state index contributed by atoms with van der Waals surface area (Å²) in [5.41, 5.74) is 9.69. The van der Waals surface area contributed by atoms with Crippen molar-refractivity contribution in [2.45, 2.75) is 17.9 Å². The molecule has 1 saturated heterocycles. The maximum Gasteiger partial charge on any atom is 0.301 e. The summed E-state index contributed by atoms with van der Waals surface area (Å²) in [6, 6.07) is 3.96. The van der Waals surface area contributed by atoms with Gasteiger partial charge in [-0.05, 0) is 18.2 Å². The van der Waals surface area contributed by atoms with E-state index in [9.17, 15) is 23.4 Å². The summed E-state index contributed by atoms with van der Waals surface area (Å²) < 4.78 is 35.1. The van der Waals surface area contributed by atoms with Crippen LogP contribution < -0.4 is 20.9 Å². The number of aromatic nitrogens is 4. The highest BCUT2D eigenvalue weighted by Crippen LogP contribution is 2.32. The zero-order valence-corrected chi connectivity index (χ0v) is 18.3. The molecule has 2 aromatic heterocycles. The van der Waals surface area contributed by atoms with E-state index < -0.39 is 47.2 Å². The number of hydrogen-bond acceptors (Lipinski definition) is 11. The fourth-order valence-electron chi connectivity index (χ4n) is 3.37. The van der Waals surface area contributed by atoms with Crippen LogP contribution in [0.25, 0.3) is 11.2 Å². The predicted octanol–water partition coefficient (Wildman–Crippen LogP) is -1.69. The van der Waals surface area contributed by atoms with Crippen molar-refractivity contribution in [3.05, 3.63) is 41.4 Å². The largest absolute Gasteiger partial charge is 0.398 e. The zero-order valence-electron chi connectivity index (χ0n) is 16.7. The van der Waals surface area contributed by atoms with Gasteiger partial charge in [-0.25, -0.2) is 19.7 Å². The molecule has 3 aromatic rings. The predicted molar refractivity (Wildman–Crippen MR) is 116 cm³/mol. The lowest BCUT2D eigenvalue weighted by atomic mass is 10.1. The van der Waals surface area contributed by atoms with E-state index >= 15 is 0 Å². The van der Waals surface area contributed by atoms with Gasteiger partial charge >= 0.3 is 10.2 Å². The van der Waals surface area contributed by atoms with Gasteiger partial charge in [0, 0.05) is 17.3 Å². The minimum atomic E-state index is -4.37. The van der Waals surface area contributed by atoms with Crippen LogP contribution in [-0.4, -0.2) is 69.4 Å². The van der Waals surface area contributed by atoms with E-state index in [2.05, 4.69) is 19.7 Å². The normalized spacial score (nSPS) is 23.1. The molecule has 1 aliphatic heterocycles. The number of halogens is 1. The van der Waals surface area contributed by atoms with Gasteiger partial charge in [-0.15, -0.1) is 0 Å². The summed E-state index contributed by atoms with van der Waals surface area (Å²) in [5.74, 6) is -0.902. The van der Waals surface area contributed by atoms with E-state index in [0.717, 1.165) is 0 Å². The number of benzene rings is 1. The van der Waals surface area contributed by atoms with Gasteiger partial charge in [-0.3, -0.25) is 9.36 Å². The Labute approximate surface area is 191 Å². The molecule has 1 fully saturated rings. The van der Waals surface area contributed by atoms with E-state index in [4.69, 9.17) is 27.8 Å². The Kier molecular flexibility index (Phi) is 5.85. The number of fused-ring (bicyclic) bond motifs is 1. The number of anilines is 2. The molecule has 33 heavy (non-hydrogen) atoms. The number of aliphatic hydroxyl groups is 2. The lowest BCUT2D eigenvalue weighted by Crippen LogP contribution is -2.50. The van der Waals surface area contributed by atoms with Crippen LogP contribution in [-0.2, 0) is 20.7 Å². The van der Waals surface area contributed by atoms with Crippen molar-refractivity contribution in [2.75, 3.05) is 24.6 Å². The minimum absolute atomic E-state index is 0.00758. The third-order valence-corrected chi connectivity index (χ3v) is 6.31. The average molecular weight is 499 g/mol. The van der Waals surface area contributed by atoms with Crippen molar-refractivity contribution in [1.82, 2.24) is 29.0 Å². The molecule has 0 bridgehead atoms. The average Bonchev–Trinajstić information content (AvgIpc) is 3.30. The smallest absolute Gasteiger partial charge is 0.301 e. The number of imidazole rings is 1. The second-order valence-electron chi connectivity index (χ2n) is 7.23. The SMILES string of the molecule is Nc1cc(Cl)ccc1C(=O)NS(=O)(=O)NC[C@H]1OC[C@@](O)(n2cnc3c(N)ncnc32)[C@@H]1O. The number of rotatable bonds is 6. The molecule has 0 saturated carbocycles. The molecule has 176 valence electrons. The number of hydrogen-bond donors (Lipinski definition) is 6. The van der Waals surface area contributed by atoms with Gasteiger partial charge in [0.2, 0.25) is 0 Å². The first-order valence-electron chi connectivity index (χ1n) is 9.34. The minimum Gasteiger partial charge on any atom is -0.398 e. The van der Waals surface area contributed by atoms with Crippen LogP contribution in [0.5, 0.6) is 0 Å². The Morgan fingerprint density at radius 1 is 1.33 bits per heavy atom. The molecule has 0 radical (unpaired) electrons. The molecule has 3 atom stereocenters. The molecule has 0 aliphatic carbocycles. The molecule has 1 aromatic carbocycles. The highest BCUT2D eigenvalue weighted by molar-refractivity contribution is 7.88. The van der Waals surface area contributed by atoms with Gasteiger partial charge < -0.3 is 26.4 Å².